The van der Waals surface area contributed by atoms with Crippen LogP contribution in [-0.2, 0) is 0 Å². The van der Waals surface area contributed by atoms with Crippen molar-refractivity contribution in [1.82, 2.24) is 14.9 Å². The van der Waals surface area contributed by atoms with Crippen molar-refractivity contribution in [2.45, 2.75) is 38.8 Å². The van der Waals surface area contributed by atoms with E-state index < -0.39 is 0 Å². The Labute approximate surface area is 118 Å². The van der Waals surface area contributed by atoms with E-state index in [0.717, 1.165) is 5.82 Å². The Hall–Kier alpha value is -1.13. The standard InChI is InChI=1S/C15H21N3S/c1-15(2)7-6-11(13(15)16-3)18-9-8-17-14(18)12-5-4-10-19-12/h4-5,8-11,13,16H,6-7H2,1-3H3. The van der Waals surface area contributed by atoms with Crippen LogP contribution < -0.4 is 5.32 Å². The van der Waals surface area contributed by atoms with Gasteiger partial charge in [-0.1, -0.05) is 19.9 Å². The van der Waals surface area contributed by atoms with Crippen molar-refractivity contribution in [3.63, 3.8) is 0 Å². The third-order valence-corrected chi connectivity index (χ3v) is 5.26. The monoisotopic (exact) mass is 275 g/mol. The maximum absolute atomic E-state index is 4.57. The Morgan fingerprint density at radius 2 is 2.32 bits per heavy atom. The molecule has 19 heavy (non-hydrogen) atoms. The second-order valence-corrected chi connectivity index (χ2v) is 6.94. The van der Waals surface area contributed by atoms with Crippen LogP contribution in [0.25, 0.3) is 10.7 Å². The number of likely N-dealkylation sites (N-methyl/N-ethyl adjacent to an activating group) is 1. The van der Waals surface area contributed by atoms with Gasteiger partial charge in [-0.3, -0.25) is 0 Å². The largest absolute Gasteiger partial charge is 0.326 e. The number of rotatable bonds is 3. The molecule has 0 aliphatic heterocycles. The van der Waals surface area contributed by atoms with Gasteiger partial charge in [0.2, 0.25) is 0 Å². The molecule has 0 spiro atoms. The van der Waals surface area contributed by atoms with E-state index >= 15 is 0 Å². The van der Waals surface area contributed by atoms with Gasteiger partial charge in [-0.15, -0.1) is 11.3 Å². The average molecular weight is 275 g/mol. The van der Waals surface area contributed by atoms with Crippen LogP contribution in [0.2, 0.25) is 0 Å². The van der Waals surface area contributed by atoms with Gasteiger partial charge in [-0.2, -0.15) is 0 Å². The van der Waals surface area contributed by atoms with Crippen LogP contribution in [0.15, 0.2) is 29.9 Å². The summed E-state index contributed by atoms with van der Waals surface area (Å²) in [7, 11) is 2.08. The first-order valence-electron chi connectivity index (χ1n) is 6.87. The molecule has 0 saturated heterocycles. The van der Waals surface area contributed by atoms with Crippen LogP contribution in [0.5, 0.6) is 0 Å². The number of hydrogen-bond acceptors (Lipinski definition) is 3. The van der Waals surface area contributed by atoms with Gasteiger partial charge in [0.15, 0.2) is 0 Å². The molecule has 2 atom stereocenters. The first-order valence-corrected chi connectivity index (χ1v) is 7.75. The van der Waals surface area contributed by atoms with Crippen molar-refractivity contribution in [3.8, 4) is 10.7 Å². The smallest absolute Gasteiger partial charge is 0.150 e. The van der Waals surface area contributed by atoms with E-state index in [-0.39, 0.29) is 0 Å². The molecule has 0 aromatic carbocycles. The summed E-state index contributed by atoms with van der Waals surface area (Å²) in [5.74, 6) is 1.11. The fourth-order valence-corrected chi connectivity index (χ4v) is 4.15. The summed E-state index contributed by atoms with van der Waals surface area (Å²) in [5, 5.41) is 5.63. The van der Waals surface area contributed by atoms with Gasteiger partial charge in [0.25, 0.3) is 0 Å². The van der Waals surface area contributed by atoms with Crippen molar-refractivity contribution in [1.29, 1.82) is 0 Å². The molecule has 2 aromatic rings. The molecule has 1 fully saturated rings. The molecule has 1 saturated carbocycles. The summed E-state index contributed by atoms with van der Waals surface area (Å²) >= 11 is 1.76. The Bertz CT molecular complexity index is 542. The van der Waals surface area contributed by atoms with Crippen LogP contribution in [0, 0.1) is 5.41 Å². The zero-order chi connectivity index (χ0) is 13.5. The van der Waals surface area contributed by atoms with Crippen LogP contribution >= 0.6 is 11.3 Å². The Kier molecular flexibility index (Phi) is 3.23. The quantitative estimate of drug-likeness (QED) is 0.928. The summed E-state index contributed by atoms with van der Waals surface area (Å²) in [5.41, 5.74) is 0.344. The van der Waals surface area contributed by atoms with Crippen molar-refractivity contribution < 1.29 is 0 Å². The van der Waals surface area contributed by atoms with Gasteiger partial charge < -0.3 is 9.88 Å². The van der Waals surface area contributed by atoms with E-state index in [2.05, 4.69) is 59.5 Å². The van der Waals surface area contributed by atoms with Gasteiger partial charge in [0.05, 0.1) is 10.9 Å². The first kappa shape index (κ1) is 12.9. The molecule has 2 unspecified atom stereocenters. The van der Waals surface area contributed by atoms with Gasteiger partial charge in [-0.05, 0) is 36.8 Å². The van der Waals surface area contributed by atoms with Crippen molar-refractivity contribution in [3.05, 3.63) is 29.9 Å². The molecule has 0 amide bonds. The third-order valence-electron chi connectivity index (χ3n) is 4.39. The number of nitrogens with one attached hydrogen (secondary N) is 1. The fourth-order valence-electron chi connectivity index (χ4n) is 3.42. The van der Waals surface area contributed by atoms with Crippen molar-refractivity contribution in [2.24, 2.45) is 5.41 Å². The minimum atomic E-state index is 0.344. The number of imidazole rings is 1. The third kappa shape index (κ3) is 2.13. The lowest BCUT2D eigenvalue weighted by molar-refractivity contribution is 0.262. The summed E-state index contributed by atoms with van der Waals surface area (Å²) in [4.78, 5) is 5.82. The molecule has 1 N–H and O–H groups in total. The topological polar surface area (TPSA) is 29.9 Å². The summed E-state index contributed by atoms with van der Waals surface area (Å²) in [6.45, 7) is 4.71. The van der Waals surface area contributed by atoms with Gasteiger partial charge in [0, 0.05) is 18.4 Å². The Morgan fingerprint density at radius 1 is 1.47 bits per heavy atom. The van der Waals surface area contributed by atoms with E-state index in [1.54, 1.807) is 11.3 Å². The molecule has 0 bridgehead atoms. The first-order chi connectivity index (χ1) is 9.13. The normalized spacial score (nSPS) is 25.8. The second kappa shape index (κ2) is 4.76. The fraction of sp³-hybridized carbons (Fsp3) is 0.533. The van der Waals surface area contributed by atoms with Crippen molar-refractivity contribution in [2.75, 3.05) is 7.05 Å². The maximum Gasteiger partial charge on any atom is 0.150 e. The highest BCUT2D eigenvalue weighted by molar-refractivity contribution is 7.13. The highest BCUT2D eigenvalue weighted by atomic mass is 32.1. The summed E-state index contributed by atoms with van der Waals surface area (Å²) < 4.78 is 2.36. The van der Waals surface area contributed by atoms with E-state index in [0.29, 0.717) is 17.5 Å². The Balaban J connectivity index is 1.98. The zero-order valence-corrected chi connectivity index (χ0v) is 12.6. The van der Waals surface area contributed by atoms with Crippen LogP contribution in [-0.4, -0.2) is 22.6 Å². The molecule has 2 aromatic heterocycles. The second-order valence-electron chi connectivity index (χ2n) is 6.00. The maximum atomic E-state index is 4.57. The highest BCUT2D eigenvalue weighted by Crippen LogP contribution is 2.45. The number of nitrogens with zero attached hydrogens (tertiary/aromatic N) is 2. The highest BCUT2D eigenvalue weighted by Gasteiger charge is 2.42. The molecular weight excluding hydrogens is 254 g/mol. The van der Waals surface area contributed by atoms with Gasteiger partial charge in [0.1, 0.15) is 5.82 Å². The van der Waals surface area contributed by atoms with Gasteiger partial charge in [-0.25, -0.2) is 4.98 Å². The van der Waals surface area contributed by atoms with E-state index in [9.17, 15) is 0 Å². The van der Waals surface area contributed by atoms with Crippen LogP contribution in [0.1, 0.15) is 32.7 Å². The number of hydrogen-bond donors (Lipinski definition) is 1. The summed E-state index contributed by atoms with van der Waals surface area (Å²) in [6.07, 6.45) is 6.52. The Morgan fingerprint density at radius 3 is 3.00 bits per heavy atom. The van der Waals surface area contributed by atoms with E-state index in [1.165, 1.54) is 17.7 Å². The van der Waals surface area contributed by atoms with Gasteiger partial charge >= 0.3 is 0 Å². The van der Waals surface area contributed by atoms with Crippen LogP contribution in [0.4, 0.5) is 0 Å². The molecule has 3 rings (SSSR count). The molecule has 1 aliphatic rings. The zero-order valence-electron chi connectivity index (χ0n) is 11.8. The van der Waals surface area contributed by atoms with Crippen LogP contribution in [0.3, 0.4) is 0 Å². The molecule has 102 valence electrons. The average Bonchev–Trinajstić information content (AvgIpc) is 3.04. The molecule has 1 aliphatic carbocycles. The van der Waals surface area contributed by atoms with E-state index in [4.69, 9.17) is 0 Å². The lowest BCUT2D eigenvalue weighted by atomic mass is 9.86. The lowest BCUT2D eigenvalue weighted by Crippen LogP contribution is -2.40. The number of thiophene rings is 1. The van der Waals surface area contributed by atoms with E-state index in [1.807, 2.05) is 6.20 Å². The minimum Gasteiger partial charge on any atom is -0.326 e. The molecule has 0 radical (unpaired) electrons. The minimum absolute atomic E-state index is 0.344. The molecule has 2 heterocycles. The SMILES string of the molecule is CNC1C(n2ccnc2-c2cccs2)CCC1(C)C. The predicted octanol–water partition coefficient (Wildman–Crippen LogP) is 3.56. The molecule has 4 heteroatoms. The van der Waals surface area contributed by atoms with Crippen molar-refractivity contribution >= 4 is 11.3 Å². The molecular formula is C15H21N3S. The molecule has 3 nitrogen and oxygen atoms in total. The number of aromatic nitrogens is 2. The lowest BCUT2D eigenvalue weighted by Gasteiger charge is -2.31. The summed E-state index contributed by atoms with van der Waals surface area (Å²) in [6, 6.07) is 5.24. The predicted molar refractivity (Wildman–Crippen MR) is 80.4 cm³/mol.